The Bertz CT molecular complexity index is 998. The maximum absolute atomic E-state index is 11.0. The lowest BCUT2D eigenvalue weighted by molar-refractivity contribution is 0.423. The van der Waals surface area contributed by atoms with Crippen LogP contribution in [0.3, 0.4) is 0 Å². The summed E-state index contributed by atoms with van der Waals surface area (Å²) in [5, 5.41) is 30.9. The highest BCUT2D eigenvalue weighted by atomic mass is 16.3. The quantitative estimate of drug-likeness (QED) is 0.454. The minimum atomic E-state index is -0.225. The molecule has 0 amide bonds. The summed E-state index contributed by atoms with van der Waals surface area (Å²) in [6.07, 6.45) is 0. The third kappa shape index (κ3) is 4.40. The Hall–Kier alpha value is -2.94. The molecule has 0 aliphatic rings. The van der Waals surface area contributed by atoms with E-state index in [1.807, 2.05) is 30.3 Å². The van der Waals surface area contributed by atoms with Gasteiger partial charge in [-0.1, -0.05) is 53.7 Å². The minimum absolute atomic E-state index is 0.174. The Morgan fingerprint density at radius 1 is 0.483 bits per heavy atom. The average molecular weight is 391 g/mol. The minimum Gasteiger partial charge on any atom is -0.508 e. The lowest BCUT2D eigenvalue weighted by Crippen LogP contribution is -2.17. The van der Waals surface area contributed by atoms with Crippen LogP contribution >= 0.6 is 0 Å². The maximum atomic E-state index is 11.0. The third-order valence-electron chi connectivity index (χ3n) is 5.18. The number of rotatable bonds is 2. The average Bonchev–Trinajstić information content (AvgIpc) is 2.60. The van der Waals surface area contributed by atoms with E-state index in [2.05, 4.69) is 41.5 Å². The van der Waals surface area contributed by atoms with Crippen LogP contribution in [-0.4, -0.2) is 15.3 Å². The summed E-state index contributed by atoms with van der Waals surface area (Å²) in [7, 11) is 0. The predicted molar refractivity (Wildman–Crippen MR) is 120 cm³/mol. The summed E-state index contributed by atoms with van der Waals surface area (Å²) in [4.78, 5) is 0. The fourth-order valence-corrected chi connectivity index (χ4v) is 3.54. The molecule has 0 radical (unpaired) electrons. The van der Waals surface area contributed by atoms with E-state index in [4.69, 9.17) is 0 Å². The molecule has 0 heterocycles. The first kappa shape index (κ1) is 20.8. The van der Waals surface area contributed by atoms with Crippen molar-refractivity contribution in [3.8, 4) is 39.5 Å². The SMILES string of the molecule is CC(C)(C)c1cc(-c2cc(O)cc(-c3ccc(O)cc3)c2)cc(C(C)(C)C)c1O. The van der Waals surface area contributed by atoms with Gasteiger partial charge in [-0.2, -0.15) is 0 Å². The van der Waals surface area contributed by atoms with E-state index in [1.54, 1.807) is 24.3 Å². The van der Waals surface area contributed by atoms with Crippen LogP contribution in [0.25, 0.3) is 22.3 Å². The molecule has 3 aromatic carbocycles. The summed E-state index contributed by atoms with van der Waals surface area (Å²) >= 11 is 0. The van der Waals surface area contributed by atoms with Gasteiger partial charge in [-0.3, -0.25) is 0 Å². The van der Waals surface area contributed by atoms with Gasteiger partial charge >= 0.3 is 0 Å². The van der Waals surface area contributed by atoms with Crippen molar-refractivity contribution in [1.82, 2.24) is 0 Å². The molecule has 0 unspecified atom stereocenters. The van der Waals surface area contributed by atoms with Crippen LogP contribution in [0.2, 0.25) is 0 Å². The second-order valence-corrected chi connectivity index (χ2v) is 9.74. The molecule has 0 fully saturated rings. The van der Waals surface area contributed by atoms with E-state index < -0.39 is 0 Å². The standard InChI is InChI=1S/C26H30O3/c1-25(2,3)22-14-19(15-23(24(22)29)26(4,5)6)18-11-17(12-21(28)13-18)16-7-9-20(27)10-8-16/h7-15,27-29H,1-6H3. The van der Waals surface area contributed by atoms with E-state index in [1.165, 1.54) is 0 Å². The Morgan fingerprint density at radius 2 is 0.897 bits per heavy atom. The molecular formula is C26H30O3. The zero-order valence-electron chi connectivity index (χ0n) is 18.0. The molecule has 0 spiro atoms. The Balaban J connectivity index is 2.24. The highest BCUT2D eigenvalue weighted by molar-refractivity contribution is 5.77. The van der Waals surface area contributed by atoms with Crippen molar-refractivity contribution in [2.24, 2.45) is 0 Å². The highest BCUT2D eigenvalue weighted by Crippen LogP contribution is 2.43. The molecule has 0 atom stereocenters. The lowest BCUT2D eigenvalue weighted by atomic mass is 9.77. The van der Waals surface area contributed by atoms with Gasteiger partial charge in [0.15, 0.2) is 0 Å². The molecule has 0 saturated heterocycles. The van der Waals surface area contributed by atoms with Crippen molar-refractivity contribution in [3.63, 3.8) is 0 Å². The van der Waals surface area contributed by atoms with Gasteiger partial charge < -0.3 is 15.3 Å². The summed E-state index contributed by atoms with van der Waals surface area (Å²) in [5.41, 5.74) is 4.92. The lowest BCUT2D eigenvalue weighted by Gasteiger charge is -2.28. The largest absolute Gasteiger partial charge is 0.508 e. The zero-order chi connectivity index (χ0) is 21.6. The van der Waals surface area contributed by atoms with Crippen molar-refractivity contribution in [1.29, 1.82) is 0 Å². The molecule has 3 nitrogen and oxygen atoms in total. The predicted octanol–water partition coefficient (Wildman–Crippen LogP) is 6.73. The van der Waals surface area contributed by atoms with Crippen molar-refractivity contribution in [2.75, 3.05) is 0 Å². The summed E-state index contributed by atoms with van der Waals surface area (Å²) in [6.45, 7) is 12.5. The van der Waals surface area contributed by atoms with Gasteiger partial charge in [-0.05, 0) is 75.5 Å². The first-order valence-electron chi connectivity index (χ1n) is 9.88. The Labute approximate surface area is 173 Å². The van der Waals surface area contributed by atoms with Gasteiger partial charge in [-0.25, -0.2) is 0 Å². The molecule has 3 aromatic rings. The molecule has 0 aliphatic carbocycles. The normalized spacial score (nSPS) is 12.2. The second-order valence-electron chi connectivity index (χ2n) is 9.74. The van der Waals surface area contributed by atoms with Crippen molar-refractivity contribution in [3.05, 3.63) is 65.7 Å². The van der Waals surface area contributed by atoms with Gasteiger partial charge in [0.2, 0.25) is 0 Å². The molecule has 0 bridgehead atoms. The number of benzene rings is 3. The van der Waals surface area contributed by atoms with E-state index in [0.717, 1.165) is 33.4 Å². The Kier molecular flexibility index (Phi) is 5.12. The van der Waals surface area contributed by atoms with Crippen LogP contribution in [0.15, 0.2) is 54.6 Å². The van der Waals surface area contributed by atoms with Crippen LogP contribution in [0.5, 0.6) is 17.2 Å². The molecule has 0 aliphatic heterocycles. The van der Waals surface area contributed by atoms with Gasteiger partial charge in [0.25, 0.3) is 0 Å². The number of hydrogen-bond acceptors (Lipinski definition) is 3. The van der Waals surface area contributed by atoms with E-state index in [9.17, 15) is 15.3 Å². The van der Waals surface area contributed by atoms with Crippen molar-refractivity contribution >= 4 is 0 Å². The molecule has 152 valence electrons. The second kappa shape index (κ2) is 7.14. The van der Waals surface area contributed by atoms with Gasteiger partial charge in [-0.15, -0.1) is 0 Å². The van der Waals surface area contributed by atoms with E-state index in [0.29, 0.717) is 5.75 Å². The maximum Gasteiger partial charge on any atom is 0.123 e. The molecular weight excluding hydrogens is 360 g/mol. The molecule has 29 heavy (non-hydrogen) atoms. The summed E-state index contributed by atoms with van der Waals surface area (Å²) in [6, 6.07) is 16.4. The summed E-state index contributed by atoms with van der Waals surface area (Å²) < 4.78 is 0. The van der Waals surface area contributed by atoms with Gasteiger partial charge in [0.05, 0.1) is 0 Å². The first-order chi connectivity index (χ1) is 13.4. The summed E-state index contributed by atoms with van der Waals surface area (Å²) in [5.74, 6) is 0.721. The van der Waals surface area contributed by atoms with Crippen LogP contribution in [0, 0.1) is 0 Å². The first-order valence-corrected chi connectivity index (χ1v) is 9.88. The third-order valence-corrected chi connectivity index (χ3v) is 5.18. The van der Waals surface area contributed by atoms with E-state index >= 15 is 0 Å². The zero-order valence-corrected chi connectivity index (χ0v) is 18.0. The number of phenols is 3. The van der Waals surface area contributed by atoms with Gasteiger partial charge in [0.1, 0.15) is 17.2 Å². The highest BCUT2D eigenvalue weighted by Gasteiger charge is 2.27. The van der Waals surface area contributed by atoms with E-state index in [-0.39, 0.29) is 22.3 Å². The molecule has 3 N–H and O–H groups in total. The smallest absolute Gasteiger partial charge is 0.123 e. The number of phenolic OH excluding ortho intramolecular Hbond substituents is 3. The topological polar surface area (TPSA) is 60.7 Å². The number of hydrogen-bond donors (Lipinski definition) is 3. The van der Waals surface area contributed by atoms with Crippen LogP contribution < -0.4 is 0 Å². The Morgan fingerprint density at radius 3 is 1.34 bits per heavy atom. The van der Waals surface area contributed by atoms with Crippen LogP contribution in [0.1, 0.15) is 52.7 Å². The van der Waals surface area contributed by atoms with Gasteiger partial charge in [0, 0.05) is 11.1 Å². The molecule has 0 saturated carbocycles. The fourth-order valence-electron chi connectivity index (χ4n) is 3.54. The monoisotopic (exact) mass is 390 g/mol. The van der Waals surface area contributed by atoms with Crippen molar-refractivity contribution < 1.29 is 15.3 Å². The fraction of sp³-hybridized carbons (Fsp3) is 0.308. The molecule has 3 rings (SSSR count). The molecule has 0 aromatic heterocycles. The van der Waals surface area contributed by atoms with Crippen LogP contribution in [0.4, 0.5) is 0 Å². The molecule has 3 heteroatoms. The van der Waals surface area contributed by atoms with Crippen LogP contribution in [-0.2, 0) is 10.8 Å². The number of aromatic hydroxyl groups is 3. The van der Waals surface area contributed by atoms with Crippen molar-refractivity contribution in [2.45, 2.75) is 52.4 Å².